The number of aryl methyl sites for hydroxylation is 1. The number of nitrogens with one attached hydrogen (secondary N) is 2. The van der Waals surface area contributed by atoms with Gasteiger partial charge in [0.1, 0.15) is 6.04 Å². The average Bonchev–Trinajstić information content (AvgIpc) is 3.53. The van der Waals surface area contributed by atoms with Gasteiger partial charge in [0.25, 0.3) is 0 Å². The fraction of sp³-hybridized carbons (Fsp3) is 0.583. The molecule has 0 aliphatic heterocycles. The second-order valence-electron chi connectivity index (χ2n) is 9.02. The maximum absolute atomic E-state index is 13.4. The largest absolute Gasteiger partial charge is 0.351 e. The topological polar surface area (TPSA) is 91.4 Å². The highest BCUT2D eigenvalue weighted by Gasteiger charge is 2.33. The predicted octanol–water partition coefficient (Wildman–Crippen LogP) is 4.91. The van der Waals surface area contributed by atoms with E-state index in [-0.39, 0.29) is 36.6 Å². The first kappa shape index (κ1) is 25.4. The van der Waals surface area contributed by atoms with Crippen LogP contribution in [0.3, 0.4) is 0 Å². The second kappa shape index (κ2) is 12.3. The van der Waals surface area contributed by atoms with Crippen molar-refractivity contribution in [3.05, 3.63) is 33.5 Å². The quantitative estimate of drug-likeness (QED) is 0.468. The van der Waals surface area contributed by atoms with Crippen molar-refractivity contribution >= 4 is 45.5 Å². The molecule has 1 aliphatic rings. The lowest BCUT2D eigenvalue weighted by molar-refractivity contribution is -0.141. The molecule has 1 saturated carbocycles. The molecule has 0 unspecified atom stereocenters. The maximum atomic E-state index is 13.4. The molecule has 33 heavy (non-hydrogen) atoms. The average molecular weight is 491 g/mol. The molecule has 0 saturated heterocycles. The first-order valence-electron chi connectivity index (χ1n) is 11.7. The molecule has 7 nitrogen and oxygen atoms in total. The van der Waals surface area contributed by atoms with Gasteiger partial charge in [-0.3, -0.25) is 14.4 Å². The van der Waals surface area contributed by atoms with Crippen molar-refractivity contribution in [3.8, 4) is 0 Å². The summed E-state index contributed by atoms with van der Waals surface area (Å²) in [5.41, 5.74) is 0.846. The summed E-state index contributed by atoms with van der Waals surface area (Å²) in [5, 5.41) is 10.3. The van der Waals surface area contributed by atoms with Crippen molar-refractivity contribution in [2.24, 2.45) is 5.92 Å². The summed E-state index contributed by atoms with van der Waals surface area (Å²) in [6.07, 6.45) is 5.11. The molecule has 0 spiro atoms. The molecular weight excluding hydrogens is 456 g/mol. The van der Waals surface area contributed by atoms with E-state index in [1.807, 2.05) is 29.8 Å². The Morgan fingerprint density at radius 2 is 1.94 bits per heavy atom. The van der Waals surface area contributed by atoms with Gasteiger partial charge in [0.15, 0.2) is 5.13 Å². The lowest BCUT2D eigenvalue weighted by Crippen LogP contribution is -2.46. The van der Waals surface area contributed by atoms with Crippen molar-refractivity contribution in [2.45, 2.75) is 77.8 Å². The van der Waals surface area contributed by atoms with Crippen molar-refractivity contribution in [2.75, 3.05) is 11.9 Å². The first-order chi connectivity index (χ1) is 15.8. The predicted molar refractivity (Wildman–Crippen MR) is 133 cm³/mol. The van der Waals surface area contributed by atoms with Gasteiger partial charge in [0, 0.05) is 35.7 Å². The number of aromatic nitrogens is 1. The zero-order valence-electron chi connectivity index (χ0n) is 19.6. The van der Waals surface area contributed by atoms with Gasteiger partial charge in [-0.1, -0.05) is 32.8 Å². The van der Waals surface area contributed by atoms with Gasteiger partial charge in [-0.05, 0) is 43.6 Å². The lowest BCUT2D eigenvalue weighted by Gasteiger charge is -2.32. The summed E-state index contributed by atoms with van der Waals surface area (Å²) >= 11 is 2.85. The Kier molecular flexibility index (Phi) is 9.43. The fourth-order valence-electron chi connectivity index (χ4n) is 3.97. The molecule has 2 aromatic heterocycles. The molecule has 180 valence electrons. The zero-order valence-corrected chi connectivity index (χ0v) is 21.3. The Balaban J connectivity index is 1.71. The smallest absolute Gasteiger partial charge is 0.248 e. The zero-order chi connectivity index (χ0) is 23.8. The summed E-state index contributed by atoms with van der Waals surface area (Å²) in [7, 11) is 0. The van der Waals surface area contributed by atoms with Crippen molar-refractivity contribution < 1.29 is 14.4 Å². The highest BCUT2D eigenvalue weighted by Crippen LogP contribution is 2.29. The van der Waals surface area contributed by atoms with Crippen LogP contribution in [0.4, 0.5) is 5.13 Å². The molecule has 1 atom stereocenters. The second-order valence-corrected chi connectivity index (χ2v) is 10.9. The molecule has 2 aromatic rings. The molecule has 3 rings (SSSR count). The number of carbonyl (C=O) groups is 3. The Hall–Kier alpha value is -2.26. The third-order valence-electron chi connectivity index (χ3n) is 5.77. The van der Waals surface area contributed by atoms with E-state index in [2.05, 4.69) is 29.5 Å². The highest BCUT2D eigenvalue weighted by atomic mass is 32.1. The number of amides is 3. The van der Waals surface area contributed by atoms with Crippen LogP contribution in [0.25, 0.3) is 0 Å². The monoisotopic (exact) mass is 490 g/mol. The summed E-state index contributed by atoms with van der Waals surface area (Å²) in [4.78, 5) is 45.9. The number of thiazole rings is 1. The van der Waals surface area contributed by atoms with Crippen molar-refractivity contribution in [3.63, 3.8) is 0 Å². The Bertz CT molecular complexity index is 920. The Morgan fingerprint density at radius 1 is 1.18 bits per heavy atom. The van der Waals surface area contributed by atoms with E-state index < -0.39 is 6.04 Å². The molecule has 0 bridgehead atoms. The molecule has 1 aliphatic carbocycles. The number of thiophene rings is 1. The maximum Gasteiger partial charge on any atom is 0.248 e. The van der Waals surface area contributed by atoms with E-state index in [4.69, 9.17) is 0 Å². The summed E-state index contributed by atoms with van der Waals surface area (Å²) in [6.45, 7) is 6.55. The van der Waals surface area contributed by atoms with Crippen molar-refractivity contribution in [1.29, 1.82) is 0 Å². The summed E-state index contributed by atoms with van der Waals surface area (Å²) in [6, 6.07) is 3.33. The van der Waals surface area contributed by atoms with Gasteiger partial charge in [-0.15, -0.1) is 22.7 Å². The van der Waals surface area contributed by atoms with Gasteiger partial charge in [0.2, 0.25) is 17.7 Å². The van der Waals surface area contributed by atoms with Crippen LogP contribution in [0, 0.1) is 12.8 Å². The van der Waals surface area contributed by atoms with Gasteiger partial charge in [-0.2, -0.15) is 0 Å². The summed E-state index contributed by atoms with van der Waals surface area (Å²) in [5.74, 6) is -0.159. The van der Waals surface area contributed by atoms with Crippen LogP contribution < -0.4 is 10.6 Å². The standard InChI is InChI=1S/C24H34N4O3S2/c1-16(2)12-13-28(21(30)11-10-20(29)27-24-25-17(3)15-33-24)22(19-9-6-14-32-19)23(31)26-18-7-4-5-8-18/h6,9,14-16,18,22H,4-5,7-8,10-13H2,1-3H3,(H,26,31)(H,25,27,29)/t22-/m1/s1. The number of hydrogen-bond acceptors (Lipinski definition) is 6. The van der Waals surface area contributed by atoms with Gasteiger partial charge >= 0.3 is 0 Å². The third kappa shape index (κ3) is 7.64. The van der Waals surface area contributed by atoms with Gasteiger partial charge < -0.3 is 15.5 Å². The molecule has 1 fully saturated rings. The number of carbonyl (C=O) groups excluding carboxylic acids is 3. The fourth-order valence-corrected chi connectivity index (χ4v) is 5.51. The SMILES string of the molecule is Cc1csc(NC(=O)CCC(=O)N(CCC(C)C)[C@@H](C(=O)NC2CCCC2)c2cccs2)n1. The number of nitrogens with zero attached hydrogens (tertiary/aromatic N) is 2. The van der Waals surface area contributed by atoms with E-state index in [1.165, 1.54) is 22.7 Å². The van der Waals surface area contributed by atoms with Gasteiger partial charge in [-0.25, -0.2) is 4.98 Å². The number of anilines is 1. The van der Waals surface area contributed by atoms with E-state index in [9.17, 15) is 14.4 Å². The van der Waals surface area contributed by atoms with Crippen LogP contribution in [-0.4, -0.2) is 40.2 Å². The lowest BCUT2D eigenvalue weighted by atomic mass is 10.1. The first-order valence-corrected chi connectivity index (χ1v) is 13.4. The normalized spacial score (nSPS) is 14.9. The highest BCUT2D eigenvalue weighted by molar-refractivity contribution is 7.13. The minimum atomic E-state index is -0.665. The minimum Gasteiger partial charge on any atom is -0.351 e. The van der Waals surface area contributed by atoms with E-state index >= 15 is 0 Å². The molecule has 0 aromatic carbocycles. The van der Waals surface area contributed by atoms with Crippen LogP contribution in [-0.2, 0) is 14.4 Å². The summed E-state index contributed by atoms with van der Waals surface area (Å²) < 4.78 is 0. The van der Waals surface area contributed by atoms with Crippen LogP contribution in [0.15, 0.2) is 22.9 Å². The molecule has 9 heteroatoms. The molecule has 2 N–H and O–H groups in total. The Morgan fingerprint density at radius 3 is 2.55 bits per heavy atom. The Labute approximate surface area is 204 Å². The van der Waals surface area contributed by atoms with E-state index in [0.717, 1.165) is 42.7 Å². The number of rotatable bonds is 11. The molecule has 0 radical (unpaired) electrons. The van der Waals surface area contributed by atoms with Gasteiger partial charge in [0.05, 0.1) is 5.69 Å². The van der Waals surface area contributed by atoms with Crippen LogP contribution >= 0.6 is 22.7 Å². The molecule has 3 amide bonds. The van der Waals surface area contributed by atoms with E-state index in [1.54, 1.807) is 4.90 Å². The molecule has 2 heterocycles. The van der Waals surface area contributed by atoms with E-state index in [0.29, 0.717) is 17.6 Å². The third-order valence-corrected chi connectivity index (χ3v) is 7.57. The van der Waals surface area contributed by atoms with Crippen LogP contribution in [0.5, 0.6) is 0 Å². The minimum absolute atomic E-state index is 0.0485. The van der Waals surface area contributed by atoms with Crippen LogP contribution in [0.2, 0.25) is 0 Å². The molecular formula is C24H34N4O3S2. The van der Waals surface area contributed by atoms with Crippen LogP contribution in [0.1, 0.15) is 75.4 Å². The van der Waals surface area contributed by atoms with Crippen molar-refractivity contribution in [1.82, 2.24) is 15.2 Å². The number of hydrogen-bond donors (Lipinski definition) is 2.